The smallest absolute Gasteiger partial charge is 0.00506 e. The second-order valence-corrected chi connectivity index (χ2v) is 4.92. The van der Waals surface area contributed by atoms with E-state index < -0.39 is 0 Å². The third kappa shape index (κ3) is 1.31. The fourth-order valence-electron chi connectivity index (χ4n) is 2.54. The zero-order valence-electron chi connectivity index (χ0n) is 7.77. The molecule has 11 heavy (non-hydrogen) atoms. The summed E-state index contributed by atoms with van der Waals surface area (Å²) < 4.78 is 0. The highest BCUT2D eigenvalue weighted by molar-refractivity contribution is 5.00. The van der Waals surface area contributed by atoms with Crippen LogP contribution in [0.1, 0.15) is 33.1 Å². The van der Waals surface area contributed by atoms with Crippen molar-refractivity contribution in [2.24, 2.45) is 11.3 Å². The van der Waals surface area contributed by atoms with Gasteiger partial charge in [0.2, 0.25) is 0 Å². The Bertz CT molecular complexity index is 139. The van der Waals surface area contributed by atoms with Crippen molar-refractivity contribution < 1.29 is 0 Å². The molecule has 0 amide bonds. The molecule has 64 valence electrons. The third-order valence-electron chi connectivity index (χ3n) is 3.16. The SMILES string of the molecule is CC(C)CN1CC2(CCC2)C1. The van der Waals surface area contributed by atoms with Crippen LogP contribution >= 0.6 is 0 Å². The van der Waals surface area contributed by atoms with E-state index in [1.165, 1.54) is 38.9 Å². The molecule has 1 nitrogen and oxygen atoms in total. The van der Waals surface area contributed by atoms with Crippen LogP contribution < -0.4 is 0 Å². The molecular formula is C10H19N. The summed E-state index contributed by atoms with van der Waals surface area (Å²) in [6.45, 7) is 8.76. The van der Waals surface area contributed by atoms with Crippen molar-refractivity contribution in [3.05, 3.63) is 0 Å². The Balaban J connectivity index is 1.71. The van der Waals surface area contributed by atoms with Gasteiger partial charge in [-0.3, -0.25) is 0 Å². The lowest BCUT2D eigenvalue weighted by molar-refractivity contribution is -0.0644. The van der Waals surface area contributed by atoms with Gasteiger partial charge in [-0.15, -0.1) is 0 Å². The first kappa shape index (κ1) is 7.60. The quantitative estimate of drug-likeness (QED) is 0.587. The van der Waals surface area contributed by atoms with Crippen molar-refractivity contribution in [1.82, 2.24) is 4.90 Å². The highest BCUT2D eigenvalue weighted by Crippen LogP contribution is 2.48. The average molecular weight is 153 g/mol. The predicted molar refractivity (Wildman–Crippen MR) is 47.6 cm³/mol. The van der Waals surface area contributed by atoms with Gasteiger partial charge in [0, 0.05) is 19.6 Å². The molecule has 0 radical (unpaired) electrons. The zero-order chi connectivity index (χ0) is 7.90. The first-order valence-corrected chi connectivity index (χ1v) is 4.93. The second kappa shape index (κ2) is 2.48. The normalized spacial score (nSPS) is 28.6. The molecule has 2 fully saturated rings. The van der Waals surface area contributed by atoms with Crippen molar-refractivity contribution in [2.75, 3.05) is 19.6 Å². The van der Waals surface area contributed by atoms with Gasteiger partial charge in [-0.2, -0.15) is 0 Å². The van der Waals surface area contributed by atoms with Gasteiger partial charge in [-0.05, 0) is 24.2 Å². The van der Waals surface area contributed by atoms with E-state index in [0.29, 0.717) is 0 Å². The molecule has 0 atom stereocenters. The van der Waals surface area contributed by atoms with E-state index in [9.17, 15) is 0 Å². The minimum Gasteiger partial charge on any atom is -0.302 e. The van der Waals surface area contributed by atoms with Crippen LogP contribution in [0.15, 0.2) is 0 Å². The topological polar surface area (TPSA) is 3.24 Å². The molecule has 0 N–H and O–H groups in total. The van der Waals surface area contributed by atoms with Gasteiger partial charge in [0.05, 0.1) is 0 Å². The fraction of sp³-hybridized carbons (Fsp3) is 1.00. The van der Waals surface area contributed by atoms with Crippen molar-refractivity contribution >= 4 is 0 Å². The molecule has 0 bridgehead atoms. The molecule has 1 aliphatic heterocycles. The van der Waals surface area contributed by atoms with Crippen molar-refractivity contribution in [1.29, 1.82) is 0 Å². The first-order chi connectivity index (χ1) is 5.20. The van der Waals surface area contributed by atoms with Crippen LogP contribution in [0.2, 0.25) is 0 Å². The van der Waals surface area contributed by atoms with Crippen LogP contribution in [0.5, 0.6) is 0 Å². The Hall–Kier alpha value is -0.0400. The lowest BCUT2D eigenvalue weighted by Crippen LogP contribution is -2.60. The Morgan fingerprint density at radius 3 is 2.27 bits per heavy atom. The van der Waals surface area contributed by atoms with E-state index in [2.05, 4.69) is 18.7 Å². The van der Waals surface area contributed by atoms with Crippen LogP contribution in [-0.2, 0) is 0 Å². The number of likely N-dealkylation sites (tertiary alicyclic amines) is 1. The van der Waals surface area contributed by atoms with E-state index in [4.69, 9.17) is 0 Å². The van der Waals surface area contributed by atoms with Gasteiger partial charge < -0.3 is 4.90 Å². The van der Waals surface area contributed by atoms with Crippen molar-refractivity contribution in [3.8, 4) is 0 Å². The summed E-state index contributed by atoms with van der Waals surface area (Å²) in [7, 11) is 0. The maximum Gasteiger partial charge on any atom is 0.00506 e. The number of hydrogen-bond donors (Lipinski definition) is 0. The summed E-state index contributed by atoms with van der Waals surface area (Å²) in [5, 5.41) is 0. The standard InChI is InChI=1S/C10H19N/c1-9(2)6-11-7-10(8-11)4-3-5-10/h9H,3-8H2,1-2H3. The molecule has 1 saturated heterocycles. The molecular weight excluding hydrogens is 134 g/mol. The molecule has 1 heterocycles. The van der Waals surface area contributed by atoms with Crippen molar-refractivity contribution in [2.45, 2.75) is 33.1 Å². The van der Waals surface area contributed by atoms with Crippen LogP contribution in [0.3, 0.4) is 0 Å². The first-order valence-electron chi connectivity index (χ1n) is 4.93. The molecule has 1 saturated carbocycles. The lowest BCUT2D eigenvalue weighted by Gasteiger charge is -2.56. The number of rotatable bonds is 2. The van der Waals surface area contributed by atoms with Crippen LogP contribution in [0.4, 0.5) is 0 Å². The number of nitrogens with zero attached hydrogens (tertiary/aromatic N) is 1. The summed E-state index contributed by atoms with van der Waals surface area (Å²) in [6.07, 6.45) is 4.53. The predicted octanol–water partition coefficient (Wildman–Crippen LogP) is 2.13. The highest BCUT2D eigenvalue weighted by atomic mass is 15.2. The Kier molecular flexibility index (Phi) is 1.71. The fourth-order valence-corrected chi connectivity index (χ4v) is 2.54. The Morgan fingerprint density at radius 2 is 1.91 bits per heavy atom. The highest BCUT2D eigenvalue weighted by Gasteiger charge is 2.46. The molecule has 0 aromatic carbocycles. The molecule has 2 aliphatic rings. The summed E-state index contributed by atoms with van der Waals surface area (Å²) in [6, 6.07) is 0. The summed E-state index contributed by atoms with van der Waals surface area (Å²) in [5.74, 6) is 0.854. The van der Waals surface area contributed by atoms with Crippen LogP contribution in [0, 0.1) is 11.3 Å². The van der Waals surface area contributed by atoms with E-state index in [-0.39, 0.29) is 0 Å². The molecule has 1 aliphatic carbocycles. The molecule has 1 spiro atoms. The monoisotopic (exact) mass is 153 g/mol. The summed E-state index contributed by atoms with van der Waals surface area (Å²) in [5.41, 5.74) is 0.828. The maximum absolute atomic E-state index is 2.61. The van der Waals surface area contributed by atoms with Gasteiger partial charge in [0.1, 0.15) is 0 Å². The maximum atomic E-state index is 2.61. The Morgan fingerprint density at radius 1 is 1.27 bits per heavy atom. The molecule has 2 rings (SSSR count). The molecule has 1 heteroatoms. The lowest BCUT2D eigenvalue weighted by atomic mass is 9.63. The van der Waals surface area contributed by atoms with Crippen molar-refractivity contribution in [3.63, 3.8) is 0 Å². The van der Waals surface area contributed by atoms with Gasteiger partial charge in [-0.1, -0.05) is 20.3 Å². The number of hydrogen-bond acceptors (Lipinski definition) is 1. The third-order valence-corrected chi connectivity index (χ3v) is 3.16. The zero-order valence-corrected chi connectivity index (χ0v) is 7.77. The largest absolute Gasteiger partial charge is 0.302 e. The van der Waals surface area contributed by atoms with E-state index in [0.717, 1.165) is 11.3 Å². The second-order valence-electron chi connectivity index (χ2n) is 4.92. The average Bonchev–Trinajstić information content (AvgIpc) is 1.71. The minimum atomic E-state index is 0.828. The Labute approximate surface area is 69.8 Å². The van der Waals surface area contributed by atoms with Crippen LogP contribution in [0.25, 0.3) is 0 Å². The summed E-state index contributed by atoms with van der Waals surface area (Å²) >= 11 is 0. The van der Waals surface area contributed by atoms with Gasteiger partial charge in [0.15, 0.2) is 0 Å². The molecule has 0 unspecified atom stereocenters. The minimum absolute atomic E-state index is 0.828. The van der Waals surface area contributed by atoms with Gasteiger partial charge in [-0.25, -0.2) is 0 Å². The molecule has 0 aromatic rings. The van der Waals surface area contributed by atoms with Crippen LogP contribution in [-0.4, -0.2) is 24.5 Å². The molecule has 0 aromatic heterocycles. The van der Waals surface area contributed by atoms with E-state index in [1.807, 2.05) is 0 Å². The van der Waals surface area contributed by atoms with Gasteiger partial charge >= 0.3 is 0 Å². The van der Waals surface area contributed by atoms with E-state index in [1.54, 1.807) is 0 Å². The summed E-state index contributed by atoms with van der Waals surface area (Å²) in [4.78, 5) is 2.61. The van der Waals surface area contributed by atoms with E-state index >= 15 is 0 Å². The van der Waals surface area contributed by atoms with Gasteiger partial charge in [0.25, 0.3) is 0 Å².